The zero-order chi connectivity index (χ0) is 8.85. The van der Waals surface area contributed by atoms with Crippen LogP contribution in [0.2, 0.25) is 0 Å². The molecule has 1 nitrogen and oxygen atoms in total. The molecule has 0 aromatic carbocycles. The summed E-state index contributed by atoms with van der Waals surface area (Å²) in [4.78, 5) is 0. The van der Waals surface area contributed by atoms with E-state index >= 15 is 0 Å². The minimum Gasteiger partial charge on any atom is -0.378 e. The maximum atomic E-state index is 12.3. The topological polar surface area (TPSA) is 9.23 Å². The van der Waals surface area contributed by atoms with E-state index in [0.29, 0.717) is 0 Å². The van der Waals surface area contributed by atoms with Crippen LogP contribution in [0, 0.1) is 0 Å². The van der Waals surface area contributed by atoms with Crippen molar-refractivity contribution >= 4 is 0 Å². The first-order chi connectivity index (χ1) is 5.11. The molecule has 0 radical (unpaired) electrons. The van der Waals surface area contributed by atoms with Gasteiger partial charge in [-0.25, -0.2) is 17.6 Å². The Morgan fingerprint density at radius 2 is 1.82 bits per heavy atom. The zero-order valence-electron chi connectivity index (χ0n) is 6.07. The van der Waals surface area contributed by atoms with Gasteiger partial charge in [-0.3, -0.25) is 0 Å². The lowest BCUT2D eigenvalue weighted by molar-refractivity contribution is -0.0203. The Morgan fingerprint density at radius 1 is 1.27 bits per heavy atom. The lowest BCUT2D eigenvalue weighted by Gasteiger charge is -2.16. The zero-order valence-corrected chi connectivity index (χ0v) is 6.07. The summed E-state index contributed by atoms with van der Waals surface area (Å²) < 4.78 is 51.4. The first-order valence-corrected chi connectivity index (χ1v) is 3.12. The van der Waals surface area contributed by atoms with E-state index in [1.165, 1.54) is 0 Å². The largest absolute Gasteiger partial charge is 0.378 e. The van der Waals surface area contributed by atoms with Crippen LogP contribution in [0.1, 0.15) is 6.42 Å². The first-order valence-electron chi connectivity index (χ1n) is 3.12. The molecule has 0 saturated heterocycles. The lowest BCUT2D eigenvalue weighted by Crippen LogP contribution is -2.28. The Morgan fingerprint density at radius 3 is 2.09 bits per heavy atom. The summed E-state index contributed by atoms with van der Waals surface area (Å²) in [7, 11) is 1.08. The highest BCUT2D eigenvalue weighted by molar-refractivity contribution is 4.69. The van der Waals surface area contributed by atoms with Crippen LogP contribution >= 0.6 is 0 Å². The van der Waals surface area contributed by atoms with Gasteiger partial charge in [0.25, 0.3) is 0 Å². The SMILES string of the molecule is COC(CC(F)F)C(F)CF. The van der Waals surface area contributed by atoms with E-state index in [2.05, 4.69) is 4.74 Å². The molecule has 0 spiro atoms. The van der Waals surface area contributed by atoms with E-state index in [9.17, 15) is 17.6 Å². The van der Waals surface area contributed by atoms with Gasteiger partial charge in [0.1, 0.15) is 6.67 Å². The first kappa shape index (κ1) is 10.7. The molecule has 0 aliphatic heterocycles. The summed E-state index contributed by atoms with van der Waals surface area (Å²) in [6, 6.07) is 0. The molecule has 2 unspecified atom stereocenters. The van der Waals surface area contributed by atoms with E-state index in [1.54, 1.807) is 0 Å². The third kappa shape index (κ3) is 4.19. The van der Waals surface area contributed by atoms with Crippen molar-refractivity contribution in [3.8, 4) is 0 Å². The summed E-state index contributed by atoms with van der Waals surface area (Å²) in [6.07, 6.45) is -6.71. The minimum atomic E-state index is -2.66. The van der Waals surface area contributed by atoms with E-state index in [1.807, 2.05) is 0 Å². The molecule has 0 aromatic rings. The van der Waals surface area contributed by atoms with Gasteiger partial charge in [-0.2, -0.15) is 0 Å². The monoisotopic (exact) mass is 174 g/mol. The van der Waals surface area contributed by atoms with E-state index < -0.39 is 31.8 Å². The Bertz CT molecular complexity index is 98.6. The molecule has 0 rings (SSSR count). The minimum absolute atomic E-state index is 0.762. The van der Waals surface area contributed by atoms with Gasteiger partial charge in [-0.05, 0) is 0 Å². The number of hydrogen-bond donors (Lipinski definition) is 0. The molecule has 2 atom stereocenters. The van der Waals surface area contributed by atoms with Crippen LogP contribution in [-0.2, 0) is 4.74 Å². The second-order valence-corrected chi connectivity index (χ2v) is 2.07. The van der Waals surface area contributed by atoms with Crippen molar-refractivity contribution in [2.24, 2.45) is 0 Å². The fourth-order valence-corrected chi connectivity index (χ4v) is 0.667. The Kier molecular flexibility index (Phi) is 5.19. The maximum Gasteiger partial charge on any atom is 0.241 e. The second kappa shape index (κ2) is 5.35. The molecule has 0 aliphatic carbocycles. The molecule has 68 valence electrons. The predicted octanol–water partition coefficient (Wildman–Crippen LogP) is 1.96. The van der Waals surface area contributed by atoms with Gasteiger partial charge in [0, 0.05) is 13.5 Å². The normalized spacial score (nSPS) is 16.9. The summed E-state index contributed by atoms with van der Waals surface area (Å²) in [5, 5.41) is 0. The van der Waals surface area contributed by atoms with E-state index in [4.69, 9.17) is 0 Å². The van der Waals surface area contributed by atoms with Gasteiger partial charge in [0.05, 0.1) is 6.10 Å². The van der Waals surface area contributed by atoms with E-state index in [0.717, 1.165) is 7.11 Å². The Labute approximate surface area is 62.3 Å². The number of halogens is 4. The third-order valence-corrected chi connectivity index (χ3v) is 1.26. The van der Waals surface area contributed by atoms with Crippen molar-refractivity contribution in [3.05, 3.63) is 0 Å². The summed E-state index contributed by atoms with van der Waals surface area (Å²) in [5.41, 5.74) is 0. The fourth-order valence-electron chi connectivity index (χ4n) is 0.667. The highest BCUT2D eigenvalue weighted by Gasteiger charge is 2.24. The molecule has 0 bridgehead atoms. The maximum absolute atomic E-state index is 12.3. The van der Waals surface area contributed by atoms with Crippen LogP contribution in [0.4, 0.5) is 17.6 Å². The number of ether oxygens (including phenoxy) is 1. The molecule has 0 amide bonds. The van der Waals surface area contributed by atoms with Crippen molar-refractivity contribution in [2.75, 3.05) is 13.8 Å². The molecule has 0 saturated carbocycles. The number of hydrogen-bond acceptors (Lipinski definition) is 1. The molecule has 0 aliphatic rings. The van der Waals surface area contributed by atoms with Crippen molar-refractivity contribution in [1.29, 1.82) is 0 Å². The molecular formula is C6H10F4O. The molecule has 5 heteroatoms. The fraction of sp³-hybridized carbons (Fsp3) is 1.00. The average molecular weight is 174 g/mol. The van der Waals surface area contributed by atoms with Gasteiger partial charge < -0.3 is 4.74 Å². The van der Waals surface area contributed by atoms with Gasteiger partial charge in [0.15, 0.2) is 6.17 Å². The summed E-state index contributed by atoms with van der Waals surface area (Å²) in [5.74, 6) is 0. The highest BCUT2D eigenvalue weighted by atomic mass is 19.3. The second-order valence-electron chi connectivity index (χ2n) is 2.07. The van der Waals surface area contributed by atoms with Crippen molar-refractivity contribution < 1.29 is 22.3 Å². The Hall–Kier alpha value is -0.320. The van der Waals surface area contributed by atoms with Crippen LogP contribution in [0.25, 0.3) is 0 Å². The smallest absolute Gasteiger partial charge is 0.241 e. The quantitative estimate of drug-likeness (QED) is 0.579. The van der Waals surface area contributed by atoms with Gasteiger partial charge in [-0.1, -0.05) is 0 Å². The average Bonchev–Trinajstić information content (AvgIpc) is 1.98. The van der Waals surface area contributed by atoms with Crippen LogP contribution < -0.4 is 0 Å². The number of methoxy groups -OCH3 is 1. The van der Waals surface area contributed by atoms with Crippen LogP contribution in [0.15, 0.2) is 0 Å². The lowest BCUT2D eigenvalue weighted by atomic mass is 10.2. The Balaban J connectivity index is 3.74. The van der Waals surface area contributed by atoms with Crippen molar-refractivity contribution in [3.63, 3.8) is 0 Å². The molecular weight excluding hydrogens is 164 g/mol. The molecule has 11 heavy (non-hydrogen) atoms. The molecule has 0 heterocycles. The standard InChI is InChI=1S/C6H10F4O/c1-11-5(2-6(9)10)4(8)3-7/h4-6H,2-3H2,1H3. The number of rotatable bonds is 5. The number of alkyl halides is 4. The third-order valence-electron chi connectivity index (χ3n) is 1.26. The predicted molar refractivity (Wildman–Crippen MR) is 32.3 cm³/mol. The van der Waals surface area contributed by atoms with Gasteiger partial charge in [0.2, 0.25) is 6.43 Å². The van der Waals surface area contributed by atoms with Crippen LogP contribution in [0.3, 0.4) is 0 Å². The van der Waals surface area contributed by atoms with Crippen LogP contribution in [-0.4, -0.2) is 32.5 Å². The van der Waals surface area contributed by atoms with Crippen molar-refractivity contribution in [2.45, 2.75) is 25.1 Å². The van der Waals surface area contributed by atoms with Gasteiger partial charge >= 0.3 is 0 Å². The summed E-state index contributed by atoms with van der Waals surface area (Å²) in [6.45, 7) is -1.29. The van der Waals surface area contributed by atoms with E-state index in [-0.39, 0.29) is 0 Å². The molecule has 0 aromatic heterocycles. The van der Waals surface area contributed by atoms with Gasteiger partial charge in [-0.15, -0.1) is 0 Å². The highest BCUT2D eigenvalue weighted by Crippen LogP contribution is 2.13. The summed E-state index contributed by atoms with van der Waals surface area (Å²) >= 11 is 0. The molecule has 0 fully saturated rings. The van der Waals surface area contributed by atoms with Crippen molar-refractivity contribution in [1.82, 2.24) is 0 Å². The van der Waals surface area contributed by atoms with Crippen LogP contribution in [0.5, 0.6) is 0 Å². The molecule has 0 N–H and O–H groups in total.